The summed E-state index contributed by atoms with van der Waals surface area (Å²) in [6, 6.07) is 9.84. The Morgan fingerprint density at radius 2 is 1.95 bits per heavy atom. The number of para-hydroxylation sites is 1. The fraction of sp³-hybridized carbons (Fsp3) is 0.529. The molecule has 1 N–H and O–H groups in total. The summed E-state index contributed by atoms with van der Waals surface area (Å²) in [5, 5.41) is 11.4. The molecule has 1 atom stereocenters. The van der Waals surface area contributed by atoms with E-state index in [1.165, 1.54) is 12.8 Å². The summed E-state index contributed by atoms with van der Waals surface area (Å²) in [4.78, 5) is 2.34. The number of nitrogens with zero attached hydrogens (tertiary/aromatic N) is 1. The Kier molecular flexibility index (Phi) is 3.57. The maximum atomic E-state index is 10.4. The third kappa shape index (κ3) is 2.89. The Morgan fingerprint density at radius 1 is 1.25 bits per heavy atom. The molecule has 0 bridgehead atoms. The van der Waals surface area contributed by atoms with Gasteiger partial charge in [0.25, 0.3) is 0 Å². The lowest BCUT2D eigenvalue weighted by molar-refractivity contribution is 0.0605. The highest BCUT2D eigenvalue weighted by Gasteiger charge is 2.27. The molecular weight excluding hydrogens is 250 g/mol. The number of aliphatic hydroxyl groups excluding tert-OH is 1. The zero-order valence-electron chi connectivity index (χ0n) is 12.3. The number of piperidine rings is 1. The molecule has 0 radical (unpaired) electrons. The molecule has 3 rings (SSSR count). The van der Waals surface area contributed by atoms with Gasteiger partial charge in [0.1, 0.15) is 17.4 Å². The van der Waals surface area contributed by atoms with Crippen molar-refractivity contribution < 1.29 is 9.52 Å². The number of likely N-dealkylation sites (tertiary alicyclic amines) is 1. The molecule has 1 aromatic carbocycles. The van der Waals surface area contributed by atoms with Gasteiger partial charge in [0.2, 0.25) is 0 Å². The Balaban J connectivity index is 1.66. The van der Waals surface area contributed by atoms with Crippen LogP contribution in [-0.4, -0.2) is 29.6 Å². The molecule has 0 aliphatic carbocycles. The highest BCUT2D eigenvalue weighted by Crippen LogP contribution is 2.31. The summed E-state index contributed by atoms with van der Waals surface area (Å²) in [5.41, 5.74) is 1.29. The minimum absolute atomic E-state index is 0.445. The Hall–Kier alpha value is -1.32. The van der Waals surface area contributed by atoms with E-state index in [2.05, 4.69) is 18.7 Å². The zero-order chi connectivity index (χ0) is 14.2. The number of hydrogen-bond acceptors (Lipinski definition) is 3. The van der Waals surface area contributed by atoms with Gasteiger partial charge in [-0.05, 0) is 43.5 Å². The van der Waals surface area contributed by atoms with Crippen molar-refractivity contribution in [1.82, 2.24) is 4.90 Å². The van der Waals surface area contributed by atoms with Crippen molar-refractivity contribution in [2.75, 3.05) is 19.6 Å². The van der Waals surface area contributed by atoms with Crippen LogP contribution in [0.25, 0.3) is 11.0 Å². The second kappa shape index (κ2) is 5.23. The van der Waals surface area contributed by atoms with Crippen LogP contribution in [0.15, 0.2) is 34.7 Å². The van der Waals surface area contributed by atoms with Crippen LogP contribution in [0.4, 0.5) is 0 Å². The van der Waals surface area contributed by atoms with E-state index >= 15 is 0 Å². The fourth-order valence-electron chi connectivity index (χ4n) is 2.84. The molecule has 0 spiro atoms. The molecule has 2 heterocycles. The largest absolute Gasteiger partial charge is 0.458 e. The number of hydrogen-bond donors (Lipinski definition) is 1. The van der Waals surface area contributed by atoms with Crippen molar-refractivity contribution in [2.24, 2.45) is 5.41 Å². The van der Waals surface area contributed by atoms with Gasteiger partial charge in [0, 0.05) is 11.9 Å². The van der Waals surface area contributed by atoms with Crippen molar-refractivity contribution in [2.45, 2.75) is 32.8 Å². The predicted octanol–water partition coefficient (Wildman–Crippen LogP) is 3.59. The third-order valence-corrected chi connectivity index (χ3v) is 4.41. The lowest BCUT2D eigenvalue weighted by Gasteiger charge is -2.37. The van der Waals surface area contributed by atoms with Crippen LogP contribution in [0.2, 0.25) is 0 Å². The van der Waals surface area contributed by atoms with Gasteiger partial charge in [-0.15, -0.1) is 0 Å². The third-order valence-electron chi connectivity index (χ3n) is 4.41. The van der Waals surface area contributed by atoms with Crippen LogP contribution in [-0.2, 0) is 0 Å². The lowest BCUT2D eigenvalue weighted by Crippen LogP contribution is -2.39. The number of rotatable bonds is 3. The van der Waals surface area contributed by atoms with Crippen molar-refractivity contribution in [1.29, 1.82) is 0 Å². The number of furan rings is 1. The average molecular weight is 273 g/mol. The number of aliphatic hydroxyl groups is 1. The molecule has 3 nitrogen and oxygen atoms in total. The van der Waals surface area contributed by atoms with E-state index in [0.717, 1.165) is 24.1 Å². The molecule has 3 heteroatoms. The lowest BCUT2D eigenvalue weighted by atomic mass is 9.82. The first-order valence-corrected chi connectivity index (χ1v) is 7.42. The van der Waals surface area contributed by atoms with Crippen LogP contribution >= 0.6 is 0 Å². The molecule has 1 unspecified atom stereocenters. The van der Waals surface area contributed by atoms with Gasteiger partial charge in [-0.3, -0.25) is 0 Å². The van der Waals surface area contributed by atoms with Crippen molar-refractivity contribution in [3.8, 4) is 0 Å². The SMILES string of the molecule is CC1(C)CCN(CC(O)c2cc3ccccc3o2)CC1. The minimum Gasteiger partial charge on any atom is -0.458 e. The van der Waals surface area contributed by atoms with E-state index in [-0.39, 0.29) is 0 Å². The van der Waals surface area contributed by atoms with Crippen LogP contribution in [0, 0.1) is 5.41 Å². The number of β-amino-alcohol motifs (C(OH)–C–C–N with tert-alkyl or cyclic N) is 1. The normalized spacial score (nSPS) is 21.1. The van der Waals surface area contributed by atoms with Crippen LogP contribution in [0.3, 0.4) is 0 Å². The van der Waals surface area contributed by atoms with Gasteiger partial charge in [0.05, 0.1) is 0 Å². The van der Waals surface area contributed by atoms with Crippen molar-refractivity contribution >= 4 is 11.0 Å². The van der Waals surface area contributed by atoms with Gasteiger partial charge in [0.15, 0.2) is 0 Å². The quantitative estimate of drug-likeness (QED) is 0.928. The smallest absolute Gasteiger partial charge is 0.135 e. The van der Waals surface area contributed by atoms with Gasteiger partial charge >= 0.3 is 0 Å². The summed E-state index contributed by atoms with van der Waals surface area (Å²) < 4.78 is 5.74. The van der Waals surface area contributed by atoms with E-state index in [9.17, 15) is 5.11 Å². The van der Waals surface area contributed by atoms with Crippen molar-refractivity contribution in [3.63, 3.8) is 0 Å². The summed E-state index contributed by atoms with van der Waals surface area (Å²) in [6.07, 6.45) is 1.85. The van der Waals surface area contributed by atoms with Gasteiger partial charge in [-0.1, -0.05) is 32.0 Å². The maximum absolute atomic E-state index is 10.4. The Morgan fingerprint density at radius 3 is 2.65 bits per heavy atom. The molecular formula is C17H23NO2. The maximum Gasteiger partial charge on any atom is 0.135 e. The molecule has 1 aliphatic heterocycles. The van der Waals surface area contributed by atoms with E-state index in [1.807, 2.05) is 30.3 Å². The molecule has 1 saturated heterocycles. The predicted molar refractivity (Wildman–Crippen MR) is 80.6 cm³/mol. The molecule has 0 amide bonds. The molecule has 1 aromatic heterocycles. The second-order valence-corrected chi connectivity index (χ2v) is 6.67. The van der Waals surface area contributed by atoms with Crippen LogP contribution in [0.1, 0.15) is 38.6 Å². The first kappa shape index (κ1) is 13.7. The molecule has 1 fully saturated rings. The van der Waals surface area contributed by atoms with E-state index in [1.54, 1.807) is 0 Å². The monoisotopic (exact) mass is 273 g/mol. The summed E-state index contributed by atoms with van der Waals surface area (Å²) in [7, 11) is 0. The zero-order valence-corrected chi connectivity index (χ0v) is 12.3. The number of fused-ring (bicyclic) bond motifs is 1. The van der Waals surface area contributed by atoms with E-state index < -0.39 is 6.10 Å². The second-order valence-electron chi connectivity index (χ2n) is 6.67. The highest BCUT2D eigenvalue weighted by molar-refractivity contribution is 5.77. The van der Waals surface area contributed by atoms with E-state index in [0.29, 0.717) is 17.7 Å². The summed E-state index contributed by atoms with van der Waals surface area (Å²) in [5.74, 6) is 0.677. The summed E-state index contributed by atoms with van der Waals surface area (Å²) >= 11 is 0. The molecule has 108 valence electrons. The first-order chi connectivity index (χ1) is 9.53. The topological polar surface area (TPSA) is 36.6 Å². The molecule has 0 saturated carbocycles. The van der Waals surface area contributed by atoms with E-state index in [4.69, 9.17) is 4.42 Å². The standard InChI is InChI=1S/C17H23NO2/c1-17(2)7-9-18(10-8-17)12-14(19)16-11-13-5-3-4-6-15(13)20-16/h3-6,11,14,19H,7-10,12H2,1-2H3. The fourth-order valence-corrected chi connectivity index (χ4v) is 2.84. The van der Waals surface area contributed by atoms with Gasteiger partial charge in [-0.25, -0.2) is 0 Å². The number of benzene rings is 1. The van der Waals surface area contributed by atoms with Crippen LogP contribution in [0.5, 0.6) is 0 Å². The Labute approximate surface area is 120 Å². The Bertz CT molecular complexity index is 544. The average Bonchev–Trinajstić information content (AvgIpc) is 2.85. The first-order valence-electron chi connectivity index (χ1n) is 7.42. The van der Waals surface area contributed by atoms with Crippen molar-refractivity contribution in [3.05, 3.63) is 36.1 Å². The van der Waals surface area contributed by atoms with Gasteiger partial charge in [-0.2, -0.15) is 0 Å². The van der Waals surface area contributed by atoms with Crippen LogP contribution < -0.4 is 0 Å². The molecule has 2 aromatic rings. The minimum atomic E-state index is -0.538. The summed E-state index contributed by atoms with van der Waals surface area (Å²) in [6.45, 7) is 7.42. The molecule has 1 aliphatic rings. The molecule has 20 heavy (non-hydrogen) atoms. The highest BCUT2D eigenvalue weighted by atomic mass is 16.4. The van der Waals surface area contributed by atoms with Gasteiger partial charge < -0.3 is 14.4 Å².